The van der Waals surface area contributed by atoms with Gasteiger partial charge >= 0.3 is 0 Å². The molecule has 1 N–H and O–H groups in total. The Kier molecular flexibility index (Phi) is 6.49. The maximum atomic E-state index is 12.5. The largest absolute Gasteiger partial charge is 0.302 e. The topological polar surface area (TPSA) is 69.0 Å². The first kappa shape index (κ1) is 19.1. The molecule has 0 spiro atoms. The molecule has 1 aliphatic rings. The van der Waals surface area contributed by atoms with E-state index in [9.17, 15) is 4.79 Å². The number of benzene rings is 1. The molecule has 5 nitrogen and oxygen atoms in total. The average Bonchev–Trinajstić information content (AvgIpc) is 3.08. The minimum atomic E-state index is -0.0141. The van der Waals surface area contributed by atoms with Crippen molar-refractivity contribution in [3.05, 3.63) is 33.6 Å². The van der Waals surface area contributed by atoms with Crippen LogP contribution < -0.4 is 5.32 Å². The van der Waals surface area contributed by atoms with Crippen LogP contribution in [0.15, 0.2) is 23.6 Å². The van der Waals surface area contributed by atoms with Crippen molar-refractivity contribution in [1.29, 1.82) is 5.26 Å². The van der Waals surface area contributed by atoms with E-state index in [2.05, 4.69) is 21.3 Å². The summed E-state index contributed by atoms with van der Waals surface area (Å²) in [5.74, 6) is -0.00663. The second kappa shape index (κ2) is 8.83. The molecule has 8 heteroatoms. The van der Waals surface area contributed by atoms with Gasteiger partial charge in [0, 0.05) is 34.8 Å². The van der Waals surface area contributed by atoms with Crippen molar-refractivity contribution in [2.45, 2.75) is 19.3 Å². The van der Waals surface area contributed by atoms with E-state index in [1.807, 2.05) is 11.4 Å². The molecule has 0 saturated carbocycles. The zero-order valence-corrected chi connectivity index (χ0v) is 16.4. The maximum absolute atomic E-state index is 12.5. The number of likely N-dealkylation sites (tertiary alicyclic amines) is 1. The molecular weight excluding hydrogens is 391 g/mol. The summed E-state index contributed by atoms with van der Waals surface area (Å²) < 4.78 is 0. The van der Waals surface area contributed by atoms with Gasteiger partial charge in [0.2, 0.25) is 5.91 Å². The molecule has 0 atom stereocenters. The number of aromatic nitrogens is 1. The Balaban J connectivity index is 1.58. The Hall–Kier alpha value is -1.65. The molecular formula is C18H18Cl2N4OS. The van der Waals surface area contributed by atoms with Crippen LogP contribution in [0.5, 0.6) is 0 Å². The number of nitrogens with one attached hydrogen (secondary N) is 1. The molecule has 1 aliphatic heterocycles. The molecule has 1 aromatic heterocycles. The Morgan fingerprint density at radius 2 is 2.15 bits per heavy atom. The number of rotatable bonds is 5. The molecule has 2 heterocycles. The van der Waals surface area contributed by atoms with Crippen molar-refractivity contribution < 1.29 is 4.79 Å². The lowest BCUT2D eigenvalue weighted by atomic mass is 9.96. The first-order valence-corrected chi connectivity index (χ1v) is 10.0. The molecule has 26 heavy (non-hydrogen) atoms. The normalized spacial score (nSPS) is 15.6. The number of hydrogen-bond acceptors (Lipinski definition) is 5. The molecule has 1 aromatic carbocycles. The molecule has 136 valence electrons. The van der Waals surface area contributed by atoms with Crippen molar-refractivity contribution in [1.82, 2.24) is 9.88 Å². The van der Waals surface area contributed by atoms with Crippen LogP contribution in [0.2, 0.25) is 10.0 Å². The van der Waals surface area contributed by atoms with E-state index in [-0.39, 0.29) is 11.8 Å². The van der Waals surface area contributed by atoms with E-state index >= 15 is 0 Å². The minimum absolute atomic E-state index is 0.00744. The van der Waals surface area contributed by atoms with E-state index in [4.69, 9.17) is 28.5 Å². The van der Waals surface area contributed by atoms with E-state index in [1.165, 1.54) is 11.3 Å². The van der Waals surface area contributed by atoms with Gasteiger partial charge in [0.05, 0.1) is 16.8 Å². The fraction of sp³-hybridized carbons (Fsp3) is 0.389. The summed E-state index contributed by atoms with van der Waals surface area (Å²) in [6, 6.07) is 7.42. The Morgan fingerprint density at radius 3 is 2.85 bits per heavy atom. The van der Waals surface area contributed by atoms with Gasteiger partial charge in [-0.2, -0.15) is 5.26 Å². The Labute approximate surface area is 166 Å². The number of anilines is 1. The molecule has 2 aromatic rings. The van der Waals surface area contributed by atoms with Crippen molar-refractivity contribution >= 4 is 45.6 Å². The second-order valence-electron chi connectivity index (χ2n) is 6.18. The first-order valence-electron chi connectivity index (χ1n) is 8.38. The zero-order valence-electron chi connectivity index (χ0n) is 14.0. The summed E-state index contributed by atoms with van der Waals surface area (Å²) in [5.41, 5.74) is 1.51. The highest BCUT2D eigenvalue weighted by Gasteiger charge is 2.25. The van der Waals surface area contributed by atoms with Crippen LogP contribution in [-0.2, 0) is 4.79 Å². The summed E-state index contributed by atoms with van der Waals surface area (Å²) >= 11 is 13.5. The van der Waals surface area contributed by atoms with Crippen LogP contribution in [0.25, 0.3) is 11.3 Å². The molecule has 1 saturated heterocycles. The molecule has 0 bridgehead atoms. The van der Waals surface area contributed by atoms with Crippen LogP contribution >= 0.6 is 34.5 Å². The van der Waals surface area contributed by atoms with Gasteiger partial charge in [-0.25, -0.2) is 4.98 Å². The molecule has 0 aliphatic carbocycles. The van der Waals surface area contributed by atoms with Gasteiger partial charge in [0.25, 0.3) is 0 Å². The van der Waals surface area contributed by atoms with Gasteiger partial charge in [-0.15, -0.1) is 11.3 Å². The van der Waals surface area contributed by atoms with E-state index in [0.717, 1.165) is 43.7 Å². The van der Waals surface area contributed by atoms with Crippen molar-refractivity contribution in [2.24, 2.45) is 5.92 Å². The van der Waals surface area contributed by atoms with Gasteiger partial charge in [-0.05, 0) is 44.1 Å². The number of hydrogen-bond donors (Lipinski definition) is 1. The summed E-state index contributed by atoms with van der Waals surface area (Å²) in [6.45, 7) is 2.48. The third-order valence-corrected chi connectivity index (χ3v) is 5.75. The van der Waals surface area contributed by atoms with Crippen molar-refractivity contribution in [3.8, 4) is 17.3 Å². The van der Waals surface area contributed by atoms with Crippen LogP contribution in [0.1, 0.15) is 19.3 Å². The standard InChI is InChI=1S/C18H18Cl2N4OS/c19-13-2-3-14(15(20)10-13)16-11-26-18(22-16)23-17(25)12-4-8-24(9-5-12)7-1-6-21/h2-3,10-12H,1,4-5,7-9H2,(H,22,23,25). The minimum Gasteiger partial charge on any atom is -0.302 e. The fourth-order valence-corrected chi connectivity index (χ4v) is 4.21. The maximum Gasteiger partial charge on any atom is 0.229 e. The summed E-state index contributed by atoms with van der Waals surface area (Å²) in [6.07, 6.45) is 2.14. The quantitative estimate of drug-likeness (QED) is 0.779. The monoisotopic (exact) mass is 408 g/mol. The van der Waals surface area contributed by atoms with Crippen molar-refractivity contribution in [3.63, 3.8) is 0 Å². The van der Waals surface area contributed by atoms with Gasteiger partial charge in [-0.3, -0.25) is 4.79 Å². The number of carbonyl (C=O) groups excluding carboxylic acids is 1. The van der Waals surface area contributed by atoms with Gasteiger partial charge < -0.3 is 10.2 Å². The number of carbonyl (C=O) groups is 1. The smallest absolute Gasteiger partial charge is 0.229 e. The SMILES string of the molecule is N#CCCN1CCC(C(=O)Nc2nc(-c3ccc(Cl)cc3Cl)cs2)CC1. The number of piperidine rings is 1. The van der Waals surface area contributed by atoms with Crippen LogP contribution in [0.4, 0.5) is 5.13 Å². The lowest BCUT2D eigenvalue weighted by Crippen LogP contribution is -2.38. The van der Waals surface area contributed by atoms with Gasteiger partial charge in [-0.1, -0.05) is 23.2 Å². The molecule has 0 unspecified atom stereocenters. The molecule has 3 rings (SSSR count). The fourth-order valence-electron chi connectivity index (χ4n) is 2.99. The molecule has 1 fully saturated rings. The predicted octanol–water partition coefficient (Wildman–Crippen LogP) is 4.68. The highest BCUT2D eigenvalue weighted by molar-refractivity contribution is 7.14. The Bertz CT molecular complexity index is 825. The lowest BCUT2D eigenvalue weighted by molar-refractivity contribution is -0.121. The van der Waals surface area contributed by atoms with E-state index in [1.54, 1.807) is 12.1 Å². The highest BCUT2D eigenvalue weighted by Crippen LogP contribution is 2.32. The van der Waals surface area contributed by atoms with E-state index in [0.29, 0.717) is 21.6 Å². The third kappa shape index (κ3) is 4.74. The second-order valence-corrected chi connectivity index (χ2v) is 7.88. The lowest BCUT2D eigenvalue weighted by Gasteiger charge is -2.30. The number of halogens is 2. The Morgan fingerprint density at radius 1 is 1.38 bits per heavy atom. The molecule has 0 radical (unpaired) electrons. The summed E-state index contributed by atoms with van der Waals surface area (Å²) in [4.78, 5) is 19.2. The summed E-state index contributed by atoms with van der Waals surface area (Å²) in [5, 5.41) is 15.1. The number of amides is 1. The van der Waals surface area contributed by atoms with Gasteiger partial charge in [0.15, 0.2) is 5.13 Å². The first-order chi connectivity index (χ1) is 12.6. The van der Waals surface area contributed by atoms with E-state index < -0.39 is 0 Å². The summed E-state index contributed by atoms with van der Waals surface area (Å²) in [7, 11) is 0. The zero-order chi connectivity index (χ0) is 18.5. The van der Waals surface area contributed by atoms with Crippen LogP contribution in [-0.4, -0.2) is 35.4 Å². The van der Waals surface area contributed by atoms with Gasteiger partial charge in [0.1, 0.15) is 0 Å². The number of nitriles is 1. The van der Waals surface area contributed by atoms with Crippen LogP contribution in [0, 0.1) is 17.2 Å². The molecule has 1 amide bonds. The van der Waals surface area contributed by atoms with Crippen LogP contribution in [0.3, 0.4) is 0 Å². The number of thiazole rings is 1. The third-order valence-electron chi connectivity index (χ3n) is 4.44. The predicted molar refractivity (Wildman–Crippen MR) is 106 cm³/mol. The highest BCUT2D eigenvalue weighted by atomic mass is 35.5. The average molecular weight is 409 g/mol. The van der Waals surface area contributed by atoms with Crippen molar-refractivity contribution in [2.75, 3.05) is 25.0 Å². The number of nitrogens with zero attached hydrogens (tertiary/aromatic N) is 3.